The van der Waals surface area contributed by atoms with Gasteiger partial charge >= 0.3 is 0 Å². The summed E-state index contributed by atoms with van der Waals surface area (Å²) in [4.78, 5) is 13.4. The number of carbonyl (C=O) groups excluding carboxylic acids is 1. The van der Waals surface area contributed by atoms with Crippen LogP contribution in [0.25, 0.3) is 5.69 Å². The number of carbonyl (C=O) groups is 1. The fourth-order valence-electron chi connectivity index (χ4n) is 4.59. The molecule has 5 rings (SSSR count). The van der Waals surface area contributed by atoms with Gasteiger partial charge in [0.15, 0.2) is 5.78 Å². The molecule has 1 unspecified atom stereocenters. The number of halogens is 1. The maximum absolute atomic E-state index is 14.7. The van der Waals surface area contributed by atoms with E-state index in [1.165, 1.54) is 18.9 Å². The first-order valence-electron chi connectivity index (χ1n) is 12.5. The molecule has 6 heteroatoms. The van der Waals surface area contributed by atoms with E-state index in [2.05, 4.69) is 10.4 Å². The Kier molecular flexibility index (Phi) is 7.07. The van der Waals surface area contributed by atoms with E-state index in [-0.39, 0.29) is 24.1 Å². The van der Waals surface area contributed by atoms with E-state index in [0.29, 0.717) is 23.7 Å². The van der Waals surface area contributed by atoms with Gasteiger partial charge in [-0.25, -0.2) is 9.07 Å². The van der Waals surface area contributed by atoms with Gasteiger partial charge in [0, 0.05) is 18.5 Å². The lowest BCUT2D eigenvalue weighted by Gasteiger charge is -2.21. The summed E-state index contributed by atoms with van der Waals surface area (Å²) in [5.74, 6) is 0.399. The van der Waals surface area contributed by atoms with E-state index in [1.54, 1.807) is 10.7 Å². The summed E-state index contributed by atoms with van der Waals surface area (Å²) in [6.45, 7) is 3.15. The zero-order chi connectivity index (χ0) is 25.1. The largest absolute Gasteiger partial charge is 0.326 e. The Balaban J connectivity index is 1.42. The number of hydrogen-bond donors (Lipinski definition) is 2. The Labute approximate surface area is 211 Å². The van der Waals surface area contributed by atoms with Crippen molar-refractivity contribution < 1.29 is 9.18 Å². The second-order valence-corrected chi connectivity index (χ2v) is 9.61. The lowest BCUT2D eigenvalue weighted by molar-refractivity contribution is 0.0985. The summed E-state index contributed by atoms with van der Waals surface area (Å²) in [5, 5.41) is 8.13. The van der Waals surface area contributed by atoms with Crippen LogP contribution in [0, 0.1) is 18.7 Å². The molecule has 5 nitrogen and oxygen atoms in total. The molecule has 1 heterocycles. The number of Topliss-reactive ketones (excluding diaryl/α,β-unsaturated/α-hetero) is 1. The van der Waals surface area contributed by atoms with Gasteiger partial charge in [-0.1, -0.05) is 54.6 Å². The van der Waals surface area contributed by atoms with Crippen molar-refractivity contribution in [3.8, 4) is 5.69 Å². The minimum absolute atomic E-state index is 0.0284. The van der Waals surface area contributed by atoms with Crippen LogP contribution in [0.4, 0.5) is 4.39 Å². The van der Waals surface area contributed by atoms with Gasteiger partial charge in [-0.2, -0.15) is 5.10 Å². The summed E-state index contributed by atoms with van der Waals surface area (Å²) in [6.07, 6.45) is 2.65. The van der Waals surface area contributed by atoms with E-state index in [9.17, 15) is 9.18 Å². The highest BCUT2D eigenvalue weighted by atomic mass is 19.1. The number of aromatic nitrogens is 2. The molecule has 4 aromatic rings. The molecule has 3 N–H and O–H groups in total. The molecule has 1 aromatic heterocycles. The Morgan fingerprint density at radius 2 is 1.83 bits per heavy atom. The van der Waals surface area contributed by atoms with Crippen LogP contribution in [0.2, 0.25) is 0 Å². The van der Waals surface area contributed by atoms with Gasteiger partial charge in [0.1, 0.15) is 11.5 Å². The lowest BCUT2D eigenvalue weighted by Crippen LogP contribution is -2.25. The van der Waals surface area contributed by atoms with Crippen LogP contribution in [0.15, 0.2) is 78.9 Å². The van der Waals surface area contributed by atoms with E-state index >= 15 is 0 Å². The van der Waals surface area contributed by atoms with E-state index < -0.39 is 0 Å². The van der Waals surface area contributed by atoms with Crippen LogP contribution >= 0.6 is 0 Å². The summed E-state index contributed by atoms with van der Waals surface area (Å²) < 4.78 is 16.4. The molecule has 1 fully saturated rings. The van der Waals surface area contributed by atoms with Crippen LogP contribution in [0.1, 0.15) is 57.3 Å². The van der Waals surface area contributed by atoms with Crippen LogP contribution in [0.5, 0.6) is 0 Å². The molecular weight excluding hydrogens is 451 g/mol. The van der Waals surface area contributed by atoms with Crippen LogP contribution in [0.3, 0.4) is 0 Å². The Morgan fingerprint density at radius 1 is 1.06 bits per heavy atom. The molecule has 0 aliphatic heterocycles. The lowest BCUT2D eigenvalue weighted by atomic mass is 9.95. The fraction of sp³-hybridized carbons (Fsp3) is 0.267. The molecule has 1 aliphatic rings. The number of nitrogens with one attached hydrogen (secondary N) is 1. The predicted octanol–water partition coefficient (Wildman–Crippen LogP) is 5.29. The first-order chi connectivity index (χ1) is 17.5. The molecule has 3 aromatic carbocycles. The van der Waals surface area contributed by atoms with Crippen molar-refractivity contribution in [3.63, 3.8) is 0 Å². The van der Waals surface area contributed by atoms with Gasteiger partial charge < -0.3 is 11.1 Å². The number of nitrogens with zero attached hydrogens (tertiary/aromatic N) is 2. The van der Waals surface area contributed by atoms with Crippen LogP contribution in [-0.2, 0) is 13.0 Å². The second-order valence-electron chi connectivity index (χ2n) is 9.61. The van der Waals surface area contributed by atoms with Gasteiger partial charge in [-0.15, -0.1) is 0 Å². The standard InChI is InChI=1S/C30H31FN4O/c1-20-14-28(35(34-20)25-9-5-7-23(16-25)18-32)29(36)17-22-6-4-8-24(15-22)30(33-19-21-12-13-21)26-10-2-3-11-27(26)31/h2-11,14-16,21,30,33H,12-13,17-19,32H2,1H3. The fourth-order valence-corrected chi connectivity index (χ4v) is 4.59. The van der Waals surface area contributed by atoms with Crippen molar-refractivity contribution in [1.82, 2.24) is 15.1 Å². The second kappa shape index (κ2) is 10.6. The number of aryl methyl sites for hydroxylation is 1. The predicted molar refractivity (Wildman–Crippen MR) is 140 cm³/mol. The molecule has 36 heavy (non-hydrogen) atoms. The Hall–Kier alpha value is -3.61. The maximum atomic E-state index is 14.7. The molecule has 0 bridgehead atoms. The van der Waals surface area contributed by atoms with Gasteiger partial charge in [0.2, 0.25) is 0 Å². The number of benzene rings is 3. The van der Waals surface area contributed by atoms with Crippen molar-refractivity contribution >= 4 is 5.78 Å². The number of rotatable bonds is 10. The topological polar surface area (TPSA) is 72.9 Å². The van der Waals surface area contributed by atoms with Crippen LogP contribution < -0.4 is 11.1 Å². The summed E-state index contributed by atoms with van der Waals surface area (Å²) in [6, 6.07) is 24.1. The monoisotopic (exact) mass is 482 g/mol. The van der Waals surface area contributed by atoms with Crippen molar-refractivity contribution in [2.24, 2.45) is 11.7 Å². The smallest absolute Gasteiger partial charge is 0.185 e. The third-order valence-corrected chi connectivity index (χ3v) is 6.68. The van der Waals surface area contributed by atoms with Crippen molar-refractivity contribution in [1.29, 1.82) is 0 Å². The van der Waals surface area contributed by atoms with Gasteiger partial charge in [-0.05, 0) is 73.2 Å². The first-order valence-corrected chi connectivity index (χ1v) is 12.5. The highest BCUT2D eigenvalue weighted by Gasteiger charge is 2.25. The zero-order valence-electron chi connectivity index (χ0n) is 20.5. The molecule has 184 valence electrons. The summed E-state index contributed by atoms with van der Waals surface area (Å²) in [7, 11) is 0. The van der Waals surface area contributed by atoms with Gasteiger partial charge in [-0.3, -0.25) is 4.79 Å². The third-order valence-electron chi connectivity index (χ3n) is 6.68. The Morgan fingerprint density at radius 3 is 2.61 bits per heavy atom. The molecule has 0 spiro atoms. The molecule has 0 saturated heterocycles. The van der Waals surface area contributed by atoms with Gasteiger partial charge in [0.05, 0.1) is 17.4 Å². The van der Waals surface area contributed by atoms with Crippen molar-refractivity contribution in [3.05, 3.63) is 118 Å². The molecule has 0 radical (unpaired) electrons. The van der Waals surface area contributed by atoms with Crippen molar-refractivity contribution in [2.75, 3.05) is 6.54 Å². The number of hydrogen-bond acceptors (Lipinski definition) is 4. The van der Waals surface area contributed by atoms with E-state index in [0.717, 1.165) is 34.6 Å². The van der Waals surface area contributed by atoms with Gasteiger partial charge in [0.25, 0.3) is 0 Å². The SMILES string of the molecule is Cc1cc(C(=O)Cc2cccc(C(NCC3CC3)c3ccccc3F)c2)n(-c2cccc(CN)c2)n1. The maximum Gasteiger partial charge on any atom is 0.185 e. The average Bonchev–Trinajstić information content (AvgIpc) is 3.64. The third kappa shape index (κ3) is 5.45. The molecule has 0 amide bonds. The summed E-state index contributed by atoms with van der Waals surface area (Å²) >= 11 is 0. The van der Waals surface area contributed by atoms with Crippen LogP contribution in [-0.4, -0.2) is 22.1 Å². The molecular formula is C30H31FN4O. The molecule has 1 aliphatic carbocycles. The molecule has 1 saturated carbocycles. The summed E-state index contributed by atoms with van der Waals surface area (Å²) in [5.41, 5.74) is 11.4. The number of ketones is 1. The minimum atomic E-state index is -0.270. The zero-order valence-corrected chi connectivity index (χ0v) is 20.5. The minimum Gasteiger partial charge on any atom is -0.326 e. The quantitative estimate of drug-likeness (QED) is 0.301. The van der Waals surface area contributed by atoms with E-state index in [4.69, 9.17) is 5.73 Å². The first kappa shape index (κ1) is 24.1. The highest BCUT2D eigenvalue weighted by molar-refractivity contribution is 5.96. The molecule has 1 atom stereocenters. The number of nitrogens with two attached hydrogens (primary N) is 1. The van der Waals surface area contributed by atoms with E-state index in [1.807, 2.05) is 73.7 Å². The normalized spacial score (nSPS) is 14.1. The highest BCUT2D eigenvalue weighted by Crippen LogP contribution is 2.31. The average molecular weight is 483 g/mol. The Bertz CT molecular complexity index is 1370. The van der Waals surface area contributed by atoms with Crippen molar-refractivity contribution in [2.45, 2.75) is 38.8 Å².